The van der Waals surface area contributed by atoms with Gasteiger partial charge in [-0.3, -0.25) is 4.90 Å². The Morgan fingerprint density at radius 2 is 2.37 bits per heavy atom. The molecular formula is C14H12FN3O. The molecule has 1 aliphatic heterocycles. The van der Waals surface area contributed by atoms with Crippen molar-refractivity contribution in [3.05, 3.63) is 35.1 Å². The van der Waals surface area contributed by atoms with Crippen LogP contribution in [0.15, 0.2) is 23.2 Å². The number of hydrogen-bond acceptors (Lipinski definition) is 2. The number of hydrogen-bond donors (Lipinski definition) is 1. The number of benzene rings is 1. The number of halogens is 1. The van der Waals surface area contributed by atoms with E-state index in [1.54, 1.807) is 6.07 Å². The van der Waals surface area contributed by atoms with Crippen molar-refractivity contribution in [2.45, 2.75) is 18.4 Å². The van der Waals surface area contributed by atoms with Crippen molar-refractivity contribution >= 4 is 11.9 Å². The SMILES string of the molecule is C#CCN1C(=O)N=C(N)C12CCc1cc(F)ccc12. The second kappa shape index (κ2) is 3.82. The van der Waals surface area contributed by atoms with E-state index in [9.17, 15) is 9.18 Å². The lowest BCUT2D eigenvalue weighted by Crippen LogP contribution is -2.50. The maximum atomic E-state index is 13.3. The van der Waals surface area contributed by atoms with E-state index < -0.39 is 11.6 Å². The van der Waals surface area contributed by atoms with Crippen LogP contribution < -0.4 is 5.73 Å². The number of carbonyl (C=O) groups is 1. The van der Waals surface area contributed by atoms with Crippen LogP contribution in [0.5, 0.6) is 0 Å². The van der Waals surface area contributed by atoms with Gasteiger partial charge in [0.1, 0.15) is 17.2 Å². The van der Waals surface area contributed by atoms with Crippen LogP contribution in [0.4, 0.5) is 9.18 Å². The molecule has 2 N–H and O–H groups in total. The number of aliphatic imine (C=N–C) groups is 1. The van der Waals surface area contributed by atoms with Crippen molar-refractivity contribution in [2.24, 2.45) is 10.7 Å². The summed E-state index contributed by atoms with van der Waals surface area (Å²) in [6.07, 6.45) is 6.56. The van der Waals surface area contributed by atoms with Gasteiger partial charge in [-0.05, 0) is 36.1 Å². The molecule has 0 saturated carbocycles. The number of nitrogens with two attached hydrogens (primary N) is 1. The topological polar surface area (TPSA) is 58.7 Å². The normalized spacial score (nSPS) is 24.5. The monoisotopic (exact) mass is 257 g/mol. The van der Waals surface area contributed by atoms with E-state index in [-0.39, 0.29) is 18.2 Å². The van der Waals surface area contributed by atoms with Crippen molar-refractivity contribution in [1.29, 1.82) is 0 Å². The minimum absolute atomic E-state index is 0.139. The van der Waals surface area contributed by atoms with E-state index in [0.29, 0.717) is 12.8 Å². The molecule has 1 aliphatic carbocycles. The van der Waals surface area contributed by atoms with Crippen LogP contribution in [0.2, 0.25) is 0 Å². The predicted octanol–water partition coefficient (Wildman–Crippen LogP) is 1.39. The van der Waals surface area contributed by atoms with E-state index >= 15 is 0 Å². The highest BCUT2D eigenvalue weighted by Gasteiger charge is 2.52. The van der Waals surface area contributed by atoms with E-state index in [2.05, 4.69) is 10.9 Å². The molecule has 0 saturated heterocycles. The number of aryl methyl sites for hydroxylation is 1. The summed E-state index contributed by atoms with van der Waals surface area (Å²) in [6.45, 7) is 0.139. The summed E-state index contributed by atoms with van der Waals surface area (Å²) < 4.78 is 13.3. The minimum atomic E-state index is -0.785. The highest BCUT2D eigenvalue weighted by molar-refractivity contribution is 6.07. The van der Waals surface area contributed by atoms with Gasteiger partial charge in [0.15, 0.2) is 0 Å². The molecule has 2 aliphatic rings. The molecule has 96 valence electrons. The number of urea groups is 1. The lowest BCUT2D eigenvalue weighted by atomic mass is 9.89. The smallest absolute Gasteiger partial charge is 0.347 e. The van der Waals surface area contributed by atoms with Crippen molar-refractivity contribution in [1.82, 2.24) is 4.90 Å². The van der Waals surface area contributed by atoms with Crippen LogP contribution in [-0.4, -0.2) is 23.3 Å². The number of nitrogens with zero attached hydrogens (tertiary/aromatic N) is 2. The molecule has 1 unspecified atom stereocenters. The van der Waals surface area contributed by atoms with Gasteiger partial charge in [-0.2, -0.15) is 4.99 Å². The Morgan fingerprint density at radius 1 is 1.58 bits per heavy atom. The number of amidine groups is 1. The molecule has 1 spiro atoms. The lowest BCUT2D eigenvalue weighted by Gasteiger charge is -2.34. The van der Waals surface area contributed by atoms with Gasteiger partial charge in [-0.1, -0.05) is 12.0 Å². The summed E-state index contributed by atoms with van der Waals surface area (Å²) in [5, 5.41) is 0. The molecule has 0 fully saturated rings. The third-order valence-corrected chi connectivity index (χ3v) is 3.85. The largest absolute Gasteiger partial charge is 0.385 e. The van der Waals surface area contributed by atoms with Gasteiger partial charge in [0.05, 0.1) is 6.54 Å². The summed E-state index contributed by atoms with van der Waals surface area (Å²) in [6, 6.07) is 4.10. The van der Waals surface area contributed by atoms with Gasteiger partial charge in [-0.25, -0.2) is 9.18 Å². The van der Waals surface area contributed by atoms with Crippen molar-refractivity contribution in [3.63, 3.8) is 0 Å². The predicted molar refractivity (Wildman–Crippen MR) is 69.0 cm³/mol. The van der Waals surface area contributed by atoms with Crippen molar-refractivity contribution in [3.8, 4) is 12.3 Å². The molecule has 4 nitrogen and oxygen atoms in total. The van der Waals surface area contributed by atoms with E-state index in [1.807, 2.05) is 0 Å². The maximum Gasteiger partial charge on any atom is 0.347 e. The Bertz CT molecular complexity index is 647. The lowest BCUT2D eigenvalue weighted by molar-refractivity contribution is 0.182. The molecular weight excluding hydrogens is 245 g/mol. The Morgan fingerprint density at radius 3 is 3.11 bits per heavy atom. The second-order valence-corrected chi connectivity index (χ2v) is 4.73. The van der Waals surface area contributed by atoms with Crippen LogP contribution in [0.1, 0.15) is 17.5 Å². The first-order valence-corrected chi connectivity index (χ1v) is 5.98. The number of rotatable bonds is 1. The number of terminal acetylenes is 1. The zero-order valence-electron chi connectivity index (χ0n) is 10.2. The van der Waals surface area contributed by atoms with Crippen LogP contribution in [0, 0.1) is 18.2 Å². The fourth-order valence-electron chi connectivity index (χ4n) is 3.02. The average Bonchev–Trinajstić information content (AvgIpc) is 2.85. The minimum Gasteiger partial charge on any atom is -0.385 e. The van der Waals surface area contributed by atoms with Crippen LogP contribution in [0.25, 0.3) is 0 Å². The Hall–Kier alpha value is -2.35. The van der Waals surface area contributed by atoms with E-state index in [0.717, 1.165) is 11.1 Å². The number of carbonyl (C=O) groups excluding carboxylic acids is 1. The molecule has 19 heavy (non-hydrogen) atoms. The standard InChI is InChI=1S/C14H12FN3O/c1-2-7-18-13(19)17-12(16)14(18)6-5-9-8-10(15)3-4-11(9)14/h1,3-4,8H,5-7H2,(H2,16,17,19). The fraction of sp³-hybridized carbons (Fsp3) is 0.286. The van der Waals surface area contributed by atoms with Gasteiger partial charge in [-0.15, -0.1) is 6.42 Å². The molecule has 1 aromatic carbocycles. The second-order valence-electron chi connectivity index (χ2n) is 4.73. The first-order valence-electron chi connectivity index (χ1n) is 5.98. The number of fused-ring (bicyclic) bond motifs is 2. The zero-order chi connectivity index (χ0) is 13.6. The molecule has 0 aromatic heterocycles. The average molecular weight is 257 g/mol. The molecule has 0 radical (unpaired) electrons. The Labute approximate surface area is 110 Å². The van der Waals surface area contributed by atoms with Gasteiger partial charge in [0.2, 0.25) is 0 Å². The molecule has 3 rings (SSSR count). The molecule has 1 heterocycles. The third-order valence-electron chi connectivity index (χ3n) is 3.85. The zero-order valence-corrected chi connectivity index (χ0v) is 10.2. The van der Waals surface area contributed by atoms with Crippen molar-refractivity contribution in [2.75, 3.05) is 6.54 Å². The maximum absolute atomic E-state index is 13.3. The molecule has 1 aromatic rings. The molecule has 1 atom stereocenters. The van der Waals surface area contributed by atoms with E-state index in [4.69, 9.17) is 12.2 Å². The molecule has 5 heteroatoms. The third kappa shape index (κ3) is 1.40. The summed E-state index contributed by atoms with van der Waals surface area (Å²) in [4.78, 5) is 17.2. The number of amides is 2. The first-order chi connectivity index (χ1) is 9.09. The van der Waals surface area contributed by atoms with Crippen molar-refractivity contribution < 1.29 is 9.18 Å². The fourth-order valence-corrected chi connectivity index (χ4v) is 3.02. The van der Waals surface area contributed by atoms with Gasteiger partial charge in [0, 0.05) is 0 Å². The van der Waals surface area contributed by atoms with Gasteiger partial charge in [0.25, 0.3) is 0 Å². The van der Waals surface area contributed by atoms with Gasteiger partial charge >= 0.3 is 6.03 Å². The van der Waals surface area contributed by atoms with Crippen LogP contribution >= 0.6 is 0 Å². The summed E-state index contributed by atoms with van der Waals surface area (Å²) in [7, 11) is 0. The molecule has 0 bridgehead atoms. The Kier molecular flexibility index (Phi) is 2.36. The van der Waals surface area contributed by atoms with Crippen LogP contribution in [0.3, 0.4) is 0 Å². The van der Waals surface area contributed by atoms with E-state index in [1.165, 1.54) is 17.0 Å². The Balaban J connectivity index is 2.18. The summed E-state index contributed by atoms with van der Waals surface area (Å²) in [5.41, 5.74) is 6.87. The van der Waals surface area contributed by atoms with Crippen LogP contribution in [-0.2, 0) is 12.0 Å². The quantitative estimate of drug-likeness (QED) is 0.773. The highest BCUT2D eigenvalue weighted by Crippen LogP contribution is 2.44. The van der Waals surface area contributed by atoms with Gasteiger partial charge < -0.3 is 5.73 Å². The first kappa shape index (κ1) is 11.7. The summed E-state index contributed by atoms with van der Waals surface area (Å²) >= 11 is 0. The summed E-state index contributed by atoms with van der Waals surface area (Å²) in [5.74, 6) is 2.41. The highest BCUT2D eigenvalue weighted by atomic mass is 19.1. The molecule has 2 amide bonds.